The SMILES string of the molecule is CCN(CC)C(=O)c1cccc(-c2ccccc2-n2c(C)cc(C(=O)Nc3ccc(S(C)(=O)=O)cc3)c2C)c1. The number of nitrogens with one attached hydrogen (secondary N) is 1. The minimum Gasteiger partial charge on any atom is -0.339 e. The van der Waals surface area contributed by atoms with Gasteiger partial charge in [0.1, 0.15) is 0 Å². The number of anilines is 1. The van der Waals surface area contributed by atoms with Gasteiger partial charge in [-0.1, -0.05) is 30.3 Å². The molecule has 0 bridgehead atoms. The van der Waals surface area contributed by atoms with Gasteiger partial charge in [-0.25, -0.2) is 8.42 Å². The van der Waals surface area contributed by atoms with E-state index >= 15 is 0 Å². The first-order valence-corrected chi connectivity index (χ1v) is 14.7. The molecule has 1 N–H and O–H groups in total. The fourth-order valence-electron chi connectivity index (χ4n) is 4.77. The average molecular weight is 544 g/mol. The molecule has 0 unspecified atom stereocenters. The Kier molecular flexibility index (Phi) is 8.06. The van der Waals surface area contributed by atoms with Crippen molar-refractivity contribution in [1.29, 1.82) is 0 Å². The van der Waals surface area contributed by atoms with Crippen LogP contribution >= 0.6 is 0 Å². The molecule has 0 aliphatic carbocycles. The van der Waals surface area contributed by atoms with Crippen molar-refractivity contribution in [3.05, 3.63) is 101 Å². The summed E-state index contributed by atoms with van der Waals surface area (Å²) in [5.74, 6) is -0.290. The van der Waals surface area contributed by atoms with E-state index in [9.17, 15) is 18.0 Å². The molecule has 0 aliphatic heterocycles. The monoisotopic (exact) mass is 543 g/mol. The molecule has 1 heterocycles. The van der Waals surface area contributed by atoms with Crippen molar-refractivity contribution < 1.29 is 18.0 Å². The van der Waals surface area contributed by atoms with E-state index in [4.69, 9.17) is 0 Å². The van der Waals surface area contributed by atoms with Crippen LogP contribution in [0.1, 0.15) is 46.0 Å². The molecule has 0 spiro atoms. The minimum atomic E-state index is -3.32. The largest absolute Gasteiger partial charge is 0.339 e. The van der Waals surface area contributed by atoms with E-state index in [0.29, 0.717) is 29.9 Å². The highest BCUT2D eigenvalue weighted by atomic mass is 32.2. The smallest absolute Gasteiger partial charge is 0.257 e. The molecule has 39 heavy (non-hydrogen) atoms. The van der Waals surface area contributed by atoms with Gasteiger partial charge in [0.15, 0.2) is 9.84 Å². The quantitative estimate of drug-likeness (QED) is 0.300. The maximum Gasteiger partial charge on any atom is 0.257 e. The van der Waals surface area contributed by atoms with E-state index in [-0.39, 0.29) is 16.7 Å². The summed E-state index contributed by atoms with van der Waals surface area (Å²) in [4.78, 5) is 28.2. The number of rotatable bonds is 8. The van der Waals surface area contributed by atoms with Gasteiger partial charge in [0.2, 0.25) is 0 Å². The van der Waals surface area contributed by atoms with Crippen LogP contribution in [0.4, 0.5) is 5.69 Å². The van der Waals surface area contributed by atoms with Gasteiger partial charge in [-0.2, -0.15) is 0 Å². The number of carbonyl (C=O) groups excluding carboxylic acids is 2. The summed E-state index contributed by atoms with van der Waals surface area (Å²) in [5, 5.41) is 2.87. The lowest BCUT2D eigenvalue weighted by atomic mass is 10.0. The van der Waals surface area contributed by atoms with E-state index in [1.54, 1.807) is 17.0 Å². The van der Waals surface area contributed by atoms with Crippen molar-refractivity contribution in [2.45, 2.75) is 32.6 Å². The Labute approximate surface area is 230 Å². The standard InChI is InChI=1S/C31H33N3O4S/c1-6-33(7-2)31(36)24-12-10-11-23(20-24)27-13-8-9-14-29(27)34-21(3)19-28(22(34)4)30(35)32-25-15-17-26(18-16-25)39(5,37)38/h8-20H,6-7H2,1-5H3,(H,32,35). The van der Waals surface area contributed by atoms with Gasteiger partial charge in [0.25, 0.3) is 11.8 Å². The normalized spacial score (nSPS) is 11.3. The van der Waals surface area contributed by atoms with Crippen molar-refractivity contribution in [2.75, 3.05) is 24.7 Å². The lowest BCUT2D eigenvalue weighted by Gasteiger charge is -2.19. The molecule has 8 heteroatoms. The average Bonchev–Trinajstić information content (AvgIpc) is 3.22. The van der Waals surface area contributed by atoms with Gasteiger partial charge < -0.3 is 14.8 Å². The summed E-state index contributed by atoms with van der Waals surface area (Å²) >= 11 is 0. The molecule has 4 aromatic rings. The number of amides is 2. The van der Waals surface area contributed by atoms with Gasteiger partial charge in [-0.15, -0.1) is 0 Å². The van der Waals surface area contributed by atoms with Crippen LogP contribution in [0.5, 0.6) is 0 Å². The van der Waals surface area contributed by atoms with Crippen LogP contribution in [0.3, 0.4) is 0 Å². The lowest BCUT2D eigenvalue weighted by Crippen LogP contribution is -2.30. The number of aryl methyl sites for hydroxylation is 1. The first-order valence-electron chi connectivity index (χ1n) is 12.8. The van der Waals surface area contributed by atoms with E-state index in [2.05, 4.69) is 5.32 Å². The topological polar surface area (TPSA) is 88.5 Å². The maximum atomic E-state index is 13.2. The zero-order valence-electron chi connectivity index (χ0n) is 22.9. The maximum absolute atomic E-state index is 13.2. The Morgan fingerprint density at radius 2 is 1.54 bits per heavy atom. The molecule has 3 aromatic carbocycles. The van der Waals surface area contributed by atoms with E-state index in [1.165, 1.54) is 12.1 Å². The van der Waals surface area contributed by atoms with Gasteiger partial charge in [-0.3, -0.25) is 9.59 Å². The summed E-state index contributed by atoms with van der Waals surface area (Å²) in [6.45, 7) is 9.07. The number of aromatic nitrogens is 1. The molecule has 2 amide bonds. The molecule has 0 aliphatic rings. The van der Waals surface area contributed by atoms with Gasteiger partial charge in [0.05, 0.1) is 16.1 Å². The fourth-order valence-corrected chi connectivity index (χ4v) is 5.40. The van der Waals surface area contributed by atoms with Crippen molar-refractivity contribution >= 4 is 27.3 Å². The fraction of sp³-hybridized carbons (Fsp3) is 0.226. The molecular formula is C31H33N3O4S. The highest BCUT2D eigenvalue weighted by molar-refractivity contribution is 7.90. The van der Waals surface area contributed by atoms with Gasteiger partial charge in [-0.05, 0) is 81.8 Å². The van der Waals surface area contributed by atoms with Crippen LogP contribution in [-0.2, 0) is 9.84 Å². The Hall–Kier alpha value is -4.17. The van der Waals surface area contributed by atoms with E-state index in [0.717, 1.165) is 34.5 Å². The van der Waals surface area contributed by atoms with Crippen molar-refractivity contribution in [3.8, 4) is 16.8 Å². The first kappa shape index (κ1) is 27.9. The van der Waals surface area contributed by atoms with Crippen molar-refractivity contribution in [3.63, 3.8) is 0 Å². The number of benzene rings is 3. The number of hydrogen-bond acceptors (Lipinski definition) is 4. The second kappa shape index (κ2) is 11.3. The number of nitrogens with zero attached hydrogens (tertiary/aromatic N) is 2. The molecular weight excluding hydrogens is 510 g/mol. The van der Waals surface area contributed by atoms with Crippen LogP contribution in [0.2, 0.25) is 0 Å². The zero-order chi connectivity index (χ0) is 28.3. The van der Waals surface area contributed by atoms with Crippen molar-refractivity contribution in [1.82, 2.24) is 9.47 Å². The Morgan fingerprint density at radius 1 is 0.872 bits per heavy atom. The summed E-state index contributed by atoms with van der Waals surface area (Å²) < 4.78 is 25.5. The molecule has 0 saturated heterocycles. The Balaban J connectivity index is 1.69. The molecule has 0 fully saturated rings. The molecule has 0 saturated carbocycles. The second-order valence-corrected chi connectivity index (χ2v) is 11.5. The van der Waals surface area contributed by atoms with E-state index in [1.807, 2.05) is 86.9 Å². The summed E-state index contributed by atoms with van der Waals surface area (Å²) in [5.41, 5.74) is 6.05. The predicted molar refractivity (Wildman–Crippen MR) is 155 cm³/mol. The molecule has 7 nitrogen and oxygen atoms in total. The van der Waals surface area contributed by atoms with Crippen LogP contribution < -0.4 is 5.32 Å². The van der Waals surface area contributed by atoms with Gasteiger partial charge in [0, 0.05) is 47.5 Å². The molecule has 1 aromatic heterocycles. The first-order chi connectivity index (χ1) is 18.5. The number of para-hydroxylation sites is 1. The van der Waals surface area contributed by atoms with Crippen molar-refractivity contribution in [2.24, 2.45) is 0 Å². The minimum absolute atomic E-state index is 0.00353. The zero-order valence-corrected chi connectivity index (χ0v) is 23.7. The molecule has 4 rings (SSSR count). The highest BCUT2D eigenvalue weighted by Crippen LogP contribution is 2.31. The third kappa shape index (κ3) is 5.81. The van der Waals surface area contributed by atoms with Crippen LogP contribution in [0.15, 0.2) is 83.8 Å². The summed E-state index contributed by atoms with van der Waals surface area (Å²) in [6, 6.07) is 23.5. The molecule has 0 radical (unpaired) electrons. The second-order valence-electron chi connectivity index (χ2n) is 9.45. The third-order valence-electron chi connectivity index (χ3n) is 6.83. The summed E-state index contributed by atoms with van der Waals surface area (Å²) in [6.07, 6.45) is 1.15. The number of sulfone groups is 1. The predicted octanol–water partition coefficient (Wildman–Crippen LogP) is 5.90. The lowest BCUT2D eigenvalue weighted by molar-refractivity contribution is 0.0772. The van der Waals surface area contributed by atoms with Gasteiger partial charge >= 0.3 is 0 Å². The molecule has 202 valence electrons. The number of hydrogen-bond donors (Lipinski definition) is 1. The number of carbonyl (C=O) groups is 2. The van der Waals surface area contributed by atoms with Crippen LogP contribution in [0.25, 0.3) is 16.8 Å². The highest BCUT2D eigenvalue weighted by Gasteiger charge is 2.20. The summed E-state index contributed by atoms with van der Waals surface area (Å²) in [7, 11) is -3.32. The Morgan fingerprint density at radius 3 is 2.18 bits per heavy atom. The third-order valence-corrected chi connectivity index (χ3v) is 7.96. The van der Waals surface area contributed by atoms with Crippen LogP contribution in [0, 0.1) is 13.8 Å². The molecule has 0 atom stereocenters. The van der Waals surface area contributed by atoms with Crippen LogP contribution in [-0.4, -0.2) is 49.0 Å². The Bertz CT molecular complexity index is 1630. The van der Waals surface area contributed by atoms with E-state index < -0.39 is 9.84 Å².